The van der Waals surface area contributed by atoms with Crippen molar-refractivity contribution in [1.29, 1.82) is 0 Å². The Morgan fingerprint density at radius 2 is 1.89 bits per heavy atom. The van der Waals surface area contributed by atoms with Crippen molar-refractivity contribution in [2.24, 2.45) is 0 Å². The van der Waals surface area contributed by atoms with Crippen LogP contribution in [0.25, 0.3) is 0 Å². The first-order valence-electron chi connectivity index (χ1n) is 6.97. The number of hydrogen-bond acceptors (Lipinski definition) is 3. The van der Waals surface area contributed by atoms with Gasteiger partial charge in [-0.15, -0.1) is 0 Å². The molecule has 1 saturated carbocycles. The standard InChI is InChI=1S/C15H24N2O/c1-11(2)18-15-9-12(16)8-14(10-15)17-13-6-4-3-5-7-13/h8-11,13,17H,3-7,16H2,1-2H3. The first-order valence-corrected chi connectivity index (χ1v) is 6.97. The van der Waals surface area contributed by atoms with Crippen LogP contribution in [0.4, 0.5) is 11.4 Å². The molecule has 0 saturated heterocycles. The predicted octanol–water partition coefficient (Wildman–Crippen LogP) is 3.80. The highest BCUT2D eigenvalue weighted by molar-refractivity contribution is 5.59. The highest BCUT2D eigenvalue weighted by Crippen LogP contribution is 2.27. The highest BCUT2D eigenvalue weighted by atomic mass is 16.5. The maximum Gasteiger partial charge on any atom is 0.123 e. The summed E-state index contributed by atoms with van der Waals surface area (Å²) in [5, 5.41) is 3.58. The number of nitrogens with one attached hydrogen (secondary N) is 1. The Bertz CT molecular complexity index is 384. The predicted molar refractivity (Wildman–Crippen MR) is 77.1 cm³/mol. The fourth-order valence-corrected chi connectivity index (χ4v) is 2.53. The summed E-state index contributed by atoms with van der Waals surface area (Å²) in [6, 6.07) is 6.51. The van der Waals surface area contributed by atoms with E-state index in [1.807, 2.05) is 32.0 Å². The fourth-order valence-electron chi connectivity index (χ4n) is 2.53. The van der Waals surface area contributed by atoms with E-state index in [4.69, 9.17) is 10.5 Å². The number of anilines is 2. The van der Waals surface area contributed by atoms with Crippen LogP contribution >= 0.6 is 0 Å². The van der Waals surface area contributed by atoms with E-state index in [0.717, 1.165) is 17.1 Å². The van der Waals surface area contributed by atoms with Crippen LogP contribution in [0.15, 0.2) is 18.2 Å². The number of hydrogen-bond donors (Lipinski definition) is 2. The largest absolute Gasteiger partial charge is 0.491 e. The minimum atomic E-state index is 0.175. The number of nitrogens with two attached hydrogens (primary N) is 1. The second-order valence-corrected chi connectivity index (χ2v) is 5.44. The summed E-state index contributed by atoms with van der Waals surface area (Å²) in [7, 11) is 0. The maximum absolute atomic E-state index is 5.92. The molecule has 0 unspecified atom stereocenters. The number of nitrogen functional groups attached to an aromatic ring is 1. The maximum atomic E-state index is 5.92. The van der Waals surface area contributed by atoms with Crippen molar-refractivity contribution in [3.63, 3.8) is 0 Å². The summed E-state index contributed by atoms with van der Waals surface area (Å²) >= 11 is 0. The molecule has 0 amide bonds. The Kier molecular flexibility index (Phi) is 4.34. The molecule has 3 heteroatoms. The average Bonchev–Trinajstić information content (AvgIpc) is 2.28. The molecule has 3 N–H and O–H groups in total. The van der Waals surface area contributed by atoms with E-state index in [-0.39, 0.29) is 6.10 Å². The Labute approximate surface area is 110 Å². The molecule has 1 fully saturated rings. The van der Waals surface area contributed by atoms with Crippen LogP contribution in [-0.4, -0.2) is 12.1 Å². The molecule has 1 aliphatic rings. The third-order valence-corrected chi connectivity index (χ3v) is 3.28. The van der Waals surface area contributed by atoms with Crippen molar-refractivity contribution in [2.75, 3.05) is 11.1 Å². The lowest BCUT2D eigenvalue weighted by Crippen LogP contribution is -2.22. The summed E-state index contributed by atoms with van der Waals surface area (Å²) in [5.41, 5.74) is 7.76. The Balaban J connectivity index is 2.04. The summed E-state index contributed by atoms with van der Waals surface area (Å²) in [5.74, 6) is 0.850. The second-order valence-electron chi connectivity index (χ2n) is 5.44. The van der Waals surface area contributed by atoms with Crippen molar-refractivity contribution in [2.45, 2.75) is 58.1 Å². The Morgan fingerprint density at radius 3 is 2.56 bits per heavy atom. The molecule has 1 aromatic rings. The molecule has 1 aliphatic carbocycles. The highest BCUT2D eigenvalue weighted by Gasteiger charge is 2.13. The molecule has 0 radical (unpaired) electrons. The van der Waals surface area contributed by atoms with E-state index in [9.17, 15) is 0 Å². The van der Waals surface area contributed by atoms with E-state index < -0.39 is 0 Å². The van der Waals surface area contributed by atoms with Crippen molar-refractivity contribution < 1.29 is 4.74 Å². The lowest BCUT2D eigenvalue weighted by atomic mass is 9.95. The van der Waals surface area contributed by atoms with Gasteiger partial charge in [0.25, 0.3) is 0 Å². The molecule has 100 valence electrons. The van der Waals surface area contributed by atoms with Crippen LogP contribution in [0.2, 0.25) is 0 Å². The average molecular weight is 248 g/mol. The zero-order valence-electron chi connectivity index (χ0n) is 11.4. The minimum Gasteiger partial charge on any atom is -0.491 e. The fraction of sp³-hybridized carbons (Fsp3) is 0.600. The molecule has 3 nitrogen and oxygen atoms in total. The molecule has 0 heterocycles. The third-order valence-electron chi connectivity index (χ3n) is 3.28. The van der Waals surface area contributed by atoms with Gasteiger partial charge in [-0.1, -0.05) is 19.3 Å². The zero-order chi connectivity index (χ0) is 13.0. The molecule has 18 heavy (non-hydrogen) atoms. The summed E-state index contributed by atoms with van der Waals surface area (Å²) in [6.07, 6.45) is 6.72. The van der Waals surface area contributed by atoms with Gasteiger partial charge in [0.05, 0.1) is 6.10 Å². The third kappa shape index (κ3) is 3.83. The van der Waals surface area contributed by atoms with Gasteiger partial charge in [0.15, 0.2) is 0 Å². The molecule has 0 bridgehead atoms. The zero-order valence-corrected chi connectivity index (χ0v) is 11.4. The monoisotopic (exact) mass is 248 g/mol. The first kappa shape index (κ1) is 13.1. The van der Waals surface area contributed by atoms with Crippen LogP contribution in [-0.2, 0) is 0 Å². The molecule has 0 aromatic heterocycles. The van der Waals surface area contributed by atoms with Crippen LogP contribution in [0, 0.1) is 0 Å². The van der Waals surface area contributed by atoms with Gasteiger partial charge >= 0.3 is 0 Å². The van der Waals surface area contributed by atoms with Crippen LogP contribution in [0.3, 0.4) is 0 Å². The summed E-state index contributed by atoms with van der Waals surface area (Å²) in [4.78, 5) is 0. The Hall–Kier alpha value is -1.38. The Morgan fingerprint density at radius 1 is 1.17 bits per heavy atom. The van der Waals surface area contributed by atoms with Crippen LogP contribution in [0.1, 0.15) is 46.0 Å². The molecule has 1 aromatic carbocycles. The van der Waals surface area contributed by atoms with Gasteiger partial charge in [-0.2, -0.15) is 0 Å². The van der Waals surface area contributed by atoms with Crippen molar-refractivity contribution in [1.82, 2.24) is 0 Å². The van der Waals surface area contributed by atoms with Gasteiger partial charge in [-0.05, 0) is 32.8 Å². The van der Waals surface area contributed by atoms with Gasteiger partial charge in [0, 0.05) is 29.5 Å². The summed E-state index contributed by atoms with van der Waals surface area (Å²) in [6.45, 7) is 4.05. The summed E-state index contributed by atoms with van der Waals surface area (Å²) < 4.78 is 5.70. The molecule has 2 rings (SSSR count). The van der Waals surface area contributed by atoms with E-state index in [1.54, 1.807) is 0 Å². The number of rotatable bonds is 4. The number of benzene rings is 1. The van der Waals surface area contributed by atoms with Gasteiger partial charge in [-0.3, -0.25) is 0 Å². The molecule has 0 atom stereocenters. The lowest BCUT2D eigenvalue weighted by Gasteiger charge is -2.24. The van der Waals surface area contributed by atoms with Crippen LogP contribution in [0.5, 0.6) is 5.75 Å². The topological polar surface area (TPSA) is 47.3 Å². The minimum absolute atomic E-state index is 0.175. The van der Waals surface area contributed by atoms with Crippen molar-refractivity contribution >= 4 is 11.4 Å². The van der Waals surface area contributed by atoms with Gasteiger partial charge < -0.3 is 15.8 Å². The normalized spacial score (nSPS) is 16.8. The van der Waals surface area contributed by atoms with Crippen LogP contribution < -0.4 is 15.8 Å². The lowest BCUT2D eigenvalue weighted by molar-refractivity contribution is 0.242. The van der Waals surface area contributed by atoms with Gasteiger partial charge in [0.2, 0.25) is 0 Å². The van der Waals surface area contributed by atoms with Crippen molar-refractivity contribution in [3.8, 4) is 5.75 Å². The van der Waals surface area contributed by atoms with E-state index in [0.29, 0.717) is 6.04 Å². The van der Waals surface area contributed by atoms with E-state index >= 15 is 0 Å². The quantitative estimate of drug-likeness (QED) is 0.797. The van der Waals surface area contributed by atoms with E-state index in [1.165, 1.54) is 32.1 Å². The molecule has 0 spiro atoms. The first-order chi connectivity index (χ1) is 8.63. The number of ether oxygens (including phenoxy) is 1. The van der Waals surface area contributed by atoms with Crippen molar-refractivity contribution in [3.05, 3.63) is 18.2 Å². The SMILES string of the molecule is CC(C)Oc1cc(N)cc(NC2CCCCC2)c1. The molecular weight excluding hydrogens is 224 g/mol. The van der Waals surface area contributed by atoms with Gasteiger partial charge in [0.1, 0.15) is 5.75 Å². The second kappa shape index (κ2) is 5.98. The smallest absolute Gasteiger partial charge is 0.123 e. The van der Waals surface area contributed by atoms with Gasteiger partial charge in [-0.25, -0.2) is 0 Å². The molecule has 0 aliphatic heterocycles. The van der Waals surface area contributed by atoms with E-state index in [2.05, 4.69) is 5.32 Å². The molecular formula is C15H24N2O.